The average Bonchev–Trinajstić information content (AvgIpc) is 2.85. The highest BCUT2D eigenvalue weighted by Gasteiger charge is 2.22. The van der Waals surface area contributed by atoms with Crippen molar-refractivity contribution in [2.24, 2.45) is 11.7 Å². The summed E-state index contributed by atoms with van der Waals surface area (Å²) in [5, 5.41) is 3.25. The van der Waals surface area contributed by atoms with Gasteiger partial charge >= 0.3 is 0 Å². The minimum atomic E-state index is -0.756. The quantitative estimate of drug-likeness (QED) is 0.858. The fourth-order valence-corrected chi connectivity index (χ4v) is 2.13. The molecule has 0 bridgehead atoms. The van der Waals surface area contributed by atoms with Crippen LogP contribution in [0.15, 0.2) is 18.2 Å². The van der Waals surface area contributed by atoms with E-state index in [1.807, 2.05) is 6.92 Å². The van der Waals surface area contributed by atoms with E-state index >= 15 is 0 Å². The van der Waals surface area contributed by atoms with Crippen LogP contribution < -0.4 is 11.1 Å². The molecule has 5 heteroatoms. The number of nitrogens with one attached hydrogen (secondary N) is 1. The van der Waals surface area contributed by atoms with E-state index in [-0.39, 0.29) is 11.6 Å². The van der Waals surface area contributed by atoms with Gasteiger partial charge in [0, 0.05) is 24.3 Å². The lowest BCUT2D eigenvalue weighted by molar-refractivity contribution is 0.0996. The Hall–Kier alpha value is -1.62. The molecule has 0 saturated carbocycles. The zero-order chi connectivity index (χ0) is 13.1. The van der Waals surface area contributed by atoms with Crippen LogP contribution in [0.1, 0.15) is 23.7 Å². The predicted octanol–water partition coefficient (Wildman–Crippen LogP) is 1.76. The van der Waals surface area contributed by atoms with E-state index in [0.717, 1.165) is 19.6 Å². The molecule has 0 spiro atoms. The van der Waals surface area contributed by atoms with E-state index < -0.39 is 11.7 Å². The number of anilines is 1. The highest BCUT2D eigenvalue weighted by atomic mass is 19.1. The van der Waals surface area contributed by atoms with Crippen LogP contribution in [-0.4, -0.2) is 25.2 Å². The number of amides is 1. The number of primary amides is 1. The largest absolute Gasteiger partial charge is 0.382 e. The maximum atomic E-state index is 13.3. The van der Waals surface area contributed by atoms with Crippen molar-refractivity contribution in [2.45, 2.75) is 19.4 Å². The molecule has 0 aromatic heterocycles. The predicted molar refractivity (Wildman–Crippen MR) is 66.9 cm³/mol. The Morgan fingerprint density at radius 2 is 2.39 bits per heavy atom. The number of ether oxygens (including phenoxy) is 1. The maximum absolute atomic E-state index is 13.3. The third-order valence-corrected chi connectivity index (χ3v) is 3.30. The third-order valence-electron chi connectivity index (χ3n) is 3.30. The summed E-state index contributed by atoms with van der Waals surface area (Å²) in [7, 11) is 0. The van der Waals surface area contributed by atoms with Gasteiger partial charge < -0.3 is 15.8 Å². The first-order valence-corrected chi connectivity index (χ1v) is 6.01. The molecule has 2 atom stereocenters. The molecule has 0 aliphatic carbocycles. The number of hydrogen-bond donors (Lipinski definition) is 2. The number of nitrogens with two attached hydrogens (primary N) is 1. The summed E-state index contributed by atoms with van der Waals surface area (Å²) in [6.07, 6.45) is 1.01. The molecule has 1 heterocycles. The van der Waals surface area contributed by atoms with Crippen LogP contribution in [0.4, 0.5) is 10.1 Å². The summed E-state index contributed by atoms with van der Waals surface area (Å²) in [6, 6.07) is 4.51. The number of carbonyl (C=O) groups is 1. The van der Waals surface area contributed by atoms with Crippen molar-refractivity contribution in [3.05, 3.63) is 29.6 Å². The van der Waals surface area contributed by atoms with Crippen molar-refractivity contribution in [3.63, 3.8) is 0 Å². The topological polar surface area (TPSA) is 64.3 Å². The zero-order valence-electron chi connectivity index (χ0n) is 10.3. The molecule has 1 aromatic carbocycles. The summed E-state index contributed by atoms with van der Waals surface area (Å²) in [4.78, 5) is 11.1. The van der Waals surface area contributed by atoms with Crippen molar-refractivity contribution in [2.75, 3.05) is 18.5 Å². The van der Waals surface area contributed by atoms with Gasteiger partial charge in [0.25, 0.3) is 5.91 Å². The van der Waals surface area contributed by atoms with E-state index in [1.54, 1.807) is 6.07 Å². The first-order chi connectivity index (χ1) is 8.58. The molecule has 1 amide bonds. The van der Waals surface area contributed by atoms with Crippen LogP contribution in [0.3, 0.4) is 0 Å². The lowest BCUT2D eigenvalue weighted by atomic mass is 10.0. The fourth-order valence-electron chi connectivity index (χ4n) is 2.13. The summed E-state index contributed by atoms with van der Waals surface area (Å²) >= 11 is 0. The van der Waals surface area contributed by atoms with Crippen LogP contribution in [0.5, 0.6) is 0 Å². The summed E-state index contributed by atoms with van der Waals surface area (Å²) in [5.74, 6) is -0.912. The Morgan fingerprint density at radius 1 is 1.61 bits per heavy atom. The molecule has 1 aliphatic heterocycles. The lowest BCUT2D eigenvalue weighted by Crippen LogP contribution is -2.26. The maximum Gasteiger partial charge on any atom is 0.251 e. The SMILES string of the molecule is CC(Nc1ccc(F)c(C(N)=O)c1)C1CCOC1. The first kappa shape index (κ1) is 12.8. The van der Waals surface area contributed by atoms with E-state index in [9.17, 15) is 9.18 Å². The molecule has 0 radical (unpaired) electrons. The smallest absolute Gasteiger partial charge is 0.251 e. The van der Waals surface area contributed by atoms with Gasteiger partial charge in [0.15, 0.2) is 0 Å². The molecular weight excluding hydrogens is 235 g/mol. The van der Waals surface area contributed by atoms with Gasteiger partial charge in [-0.3, -0.25) is 4.79 Å². The van der Waals surface area contributed by atoms with Crippen LogP contribution in [0, 0.1) is 11.7 Å². The molecule has 1 aliphatic rings. The van der Waals surface area contributed by atoms with E-state index in [2.05, 4.69) is 5.32 Å². The molecule has 2 rings (SSSR count). The molecular formula is C13H17FN2O2. The average molecular weight is 252 g/mol. The second kappa shape index (κ2) is 5.35. The fraction of sp³-hybridized carbons (Fsp3) is 0.462. The Balaban J connectivity index is 2.09. The summed E-state index contributed by atoms with van der Waals surface area (Å²) in [5.41, 5.74) is 5.72. The van der Waals surface area contributed by atoms with Gasteiger partial charge in [0.1, 0.15) is 5.82 Å². The minimum Gasteiger partial charge on any atom is -0.382 e. The standard InChI is InChI=1S/C13H17FN2O2/c1-8(9-4-5-18-7-9)16-10-2-3-12(14)11(6-10)13(15)17/h2-3,6,8-9,16H,4-5,7H2,1H3,(H2,15,17). The van der Waals surface area contributed by atoms with Crippen molar-refractivity contribution < 1.29 is 13.9 Å². The second-order valence-corrected chi connectivity index (χ2v) is 4.62. The molecule has 98 valence electrons. The second-order valence-electron chi connectivity index (χ2n) is 4.62. The van der Waals surface area contributed by atoms with Gasteiger partial charge in [-0.15, -0.1) is 0 Å². The van der Waals surface area contributed by atoms with Gasteiger partial charge in [-0.25, -0.2) is 4.39 Å². The van der Waals surface area contributed by atoms with Gasteiger partial charge in [0.05, 0.1) is 12.2 Å². The normalized spacial score (nSPS) is 20.7. The zero-order valence-corrected chi connectivity index (χ0v) is 10.3. The van der Waals surface area contributed by atoms with Crippen molar-refractivity contribution in [1.29, 1.82) is 0 Å². The monoisotopic (exact) mass is 252 g/mol. The first-order valence-electron chi connectivity index (χ1n) is 6.01. The number of benzene rings is 1. The van der Waals surface area contributed by atoms with Gasteiger partial charge in [-0.05, 0) is 31.5 Å². The summed E-state index contributed by atoms with van der Waals surface area (Å²) in [6.45, 7) is 3.57. The number of rotatable bonds is 4. The molecule has 1 aromatic rings. The van der Waals surface area contributed by atoms with Crippen molar-refractivity contribution >= 4 is 11.6 Å². The third kappa shape index (κ3) is 2.79. The number of hydrogen-bond acceptors (Lipinski definition) is 3. The van der Waals surface area contributed by atoms with E-state index in [1.165, 1.54) is 12.1 Å². The van der Waals surface area contributed by atoms with E-state index in [4.69, 9.17) is 10.5 Å². The molecule has 1 saturated heterocycles. The van der Waals surface area contributed by atoms with E-state index in [0.29, 0.717) is 11.6 Å². The number of carbonyl (C=O) groups excluding carboxylic acids is 1. The van der Waals surface area contributed by atoms with Gasteiger partial charge in [0.2, 0.25) is 0 Å². The van der Waals surface area contributed by atoms with Crippen LogP contribution in [0.2, 0.25) is 0 Å². The lowest BCUT2D eigenvalue weighted by Gasteiger charge is -2.20. The van der Waals surface area contributed by atoms with Crippen molar-refractivity contribution in [1.82, 2.24) is 0 Å². The van der Waals surface area contributed by atoms with Crippen LogP contribution in [-0.2, 0) is 4.74 Å². The van der Waals surface area contributed by atoms with Crippen LogP contribution >= 0.6 is 0 Å². The Kier molecular flexibility index (Phi) is 3.81. The molecule has 18 heavy (non-hydrogen) atoms. The van der Waals surface area contributed by atoms with Crippen molar-refractivity contribution in [3.8, 4) is 0 Å². The highest BCUT2D eigenvalue weighted by Crippen LogP contribution is 2.21. The summed E-state index contributed by atoms with van der Waals surface area (Å²) < 4.78 is 18.6. The minimum absolute atomic E-state index is 0.0881. The van der Waals surface area contributed by atoms with Crippen LogP contribution in [0.25, 0.3) is 0 Å². The Labute approximate surface area is 105 Å². The van der Waals surface area contributed by atoms with Gasteiger partial charge in [-0.1, -0.05) is 0 Å². The van der Waals surface area contributed by atoms with Gasteiger partial charge in [-0.2, -0.15) is 0 Å². The molecule has 1 fully saturated rings. The Morgan fingerprint density at radius 3 is 3.00 bits per heavy atom. The number of halogens is 1. The molecule has 4 nitrogen and oxygen atoms in total. The highest BCUT2D eigenvalue weighted by molar-refractivity contribution is 5.94. The Bertz CT molecular complexity index is 445. The molecule has 3 N–H and O–H groups in total. The molecule has 2 unspecified atom stereocenters.